The van der Waals surface area contributed by atoms with Gasteiger partial charge >= 0.3 is 0 Å². The third-order valence-electron chi connectivity index (χ3n) is 2.26. The van der Waals surface area contributed by atoms with Gasteiger partial charge < -0.3 is 10.3 Å². The highest BCUT2D eigenvalue weighted by atomic mass is 15.0. The van der Waals surface area contributed by atoms with Crippen LogP contribution in [0.3, 0.4) is 0 Å². The van der Waals surface area contributed by atoms with Crippen LogP contribution in [0.15, 0.2) is 12.3 Å². The Morgan fingerprint density at radius 2 is 2.36 bits per heavy atom. The van der Waals surface area contributed by atoms with Crippen molar-refractivity contribution in [1.82, 2.24) is 20.3 Å². The van der Waals surface area contributed by atoms with E-state index in [9.17, 15) is 0 Å². The zero-order valence-electron chi connectivity index (χ0n) is 8.46. The molecule has 2 N–H and O–H groups in total. The lowest BCUT2D eigenvalue weighted by Crippen LogP contribution is -2.10. The van der Waals surface area contributed by atoms with Crippen LogP contribution in [-0.2, 0) is 6.42 Å². The van der Waals surface area contributed by atoms with Crippen molar-refractivity contribution in [3.63, 3.8) is 0 Å². The number of nitrogens with zero attached hydrogens (tertiary/aromatic N) is 2. The van der Waals surface area contributed by atoms with Gasteiger partial charge in [0.2, 0.25) is 0 Å². The minimum atomic E-state index is 0.816. The topological polar surface area (TPSA) is 53.6 Å². The maximum Gasteiger partial charge on any atom is 0.177 e. The summed E-state index contributed by atoms with van der Waals surface area (Å²) in [5, 5.41) is 3.09. The van der Waals surface area contributed by atoms with E-state index in [2.05, 4.69) is 27.2 Å². The van der Waals surface area contributed by atoms with E-state index in [4.69, 9.17) is 0 Å². The summed E-state index contributed by atoms with van der Waals surface area (Å²) in [6, 6.07) is 1.99. The summed E-state index contributed by atoms with van der Waals surface area (Å²) in [6.07, 6.45) is 2.70. The Balaban J connectivity index is 2.36. The van der Waals surface area contributed by atoms with Crippen LogP contribution >= 0.6 is 0 Å². The number of pyridine rings is 1. The predicted octanol–water partition coefficient (Wildman–Crippen LogP) is 1.03. The fourth-order valence-electron chi connectivity index (χ4n) is 1.45. The largest absolute Gasteiger partial charge is 0.340 e. The second-order valence-electron chi connectivity index (χ2n) is 3.36. The Kier molecular flexibility index (Phi) is 2.45. The van der Waals surface area contributed by atoms with Crippen molar-refractivity contribution in [3.05, 3.63) is 23.7 Å². The molecular formula is C10H14N4. The molecule has 74 valence electrons. The summed E-state index contributed by atoms with van der Waals surface area (Å²) in [5.41, 5.74) is 3.06. The molecule has 0 atom stereocenters. The molecule has 2 rings (SSSR count). The second kappa shape index (κ2) is 3.75. The third kappa shape index (κ3) is 1.61. The maximum absolute atomic E-state index is 4.40. The van der Waals surface area contributed by atoms with Crippen molar-refractivity contribution in [2.45, 2.75) is 13.3 Å². The Labute approximate surface area is 82.8 Å². The molecule has 0 radical (unpaired) electrons. The molecule has 0 aliphatic carbocycles. The molecule has 0 saturated heterocycles. The molecule has 0 spiro atoms. The van der Waals surface area contributed by atoms with Crippen molar-refractivity contribution in [2.75, 3.05) is 13.6 Å². The van der Waals surface area contributed by atoms with Crippen molar-refractivity contribution in [3.8, 4) is 0 Å². The zero-order chi connectivity index (χ0) is 9.97. The maximum atomic E-state index is 4.40. The van der Waals surface area contributed by atoms with Gasteiger partial charge in [-0.2, -0.15) is 0 Å². The van der Waals surface area contributed by atoms with Crippen molar-refractivity contribution in [2.24, 2.45) is 0 Å². The molecule has 0 bridgehead atoms. The first-order valence-electron chi connectivity index (χ1n) is 4.76. The van der Waals surface area contributed by atoms with E-state index in [1.807, 2.05) is 13.1 Å². The van der Waals surface area contributed by atoms with Crippen LogP contribution in [-0.4, -0.2) is 28.5 Å². The van der Waals surface area contributed by atoms with Crippen molar-refractivity contribution in [1.29, 1.82) is 0 Å². The van der Waals surface area contributed by atoms with E-state index in [-0.39, 0.29) is 0 Å². The van der Waals surface area contributed by atoms with Crippen molar-refractivity contribution >= 4 is 11.2 Å². The molecule has 0 aromatic carbocycles. The number of fused-ring (bicyclic) bond motifs is 1. The van der Waals surface area contributed by atoms with Gasteiger partial charge in [0, 0.05) is 19.2 Å². The predicted molar refractivity (Wildman–Crippen MR) is 56.3 cm³/mol. The summed E-state index contributed by atoms with van der Waals surface area (Å²) < 4.78 is 0. The first kappa shape index (κ1) is 9.15. The minimum Gasteiger partial charge on any atom is -0.340 e. The van der Waals surface area contributed by atoms with Gasteiger partial charge in [0.1, 0.15) is 5.82 Å². The summed E-state index contributed by atoms with van der Waals surface area (Å²) in [7, 11) is 1.94. The number of aromatic amines is 1. The Hall–Kier alpha value is -1.42. The van der Waals surface area contributed by atoms with E-state index in [1.165, 1.54) is 5.56 Å². The smallest absolute Gasteiger partial charge is 0.177 e. The summed E-state index contributed by atoms with van der Waals surface area (Å²) >= 11 is 0. The highest BCUT2D eigenvalue weighted by molar-refractivity contribution is 5.74. The van der Waals surface area contributed by atoms with Crippen LogP contribution in [0.25, 0.3) is 11.2 Å². The molecule has 14 heavy (non-hydrogen) atoms. The average Bonchev–Trinajstić information content (AvgIpc) is 2.59. The number of aryl methyl sites for hydroxylation is 1. The Bertz CT molecular complexity index is 433. The summed E-state index contributed by atoms with van der Waals surface area (Å²) in [6.45, 7) is 2.99. The minimum absolute atomic E-state index is 0.816. The molecule has 0 aliphatic rings. The van der Waals surface area contributed by atoms with Crippen LogP contribution in [0, 0.1) is 6.92 Å². The van der Waals surface area contributed by atoms with Crippen LogP contribution in [0.2, 0.25) is 0 Å². The van der Waals surface area contributed by atoms with E-state index in [0.29, 0.717) is 0 Å². The van der Waals surface area contributed by atoms with E-state index >= 15 is 0 Å². The Morgan fingerprint density at radius 1 is 1.50 bits per heavy atom. The number of hydrogen-bond acceptors (Lipinski definition) is 3. The first-order chi connectivity index (χ1) is 6.81. The monoisotopic (exact) mass is 190 g/mol. The normalized spacial score (nSPS) is 11.0. The number of imidazole rings is 1. The molecule has 4 heteroatoms. The van der Waals surface area contributed by atoms with Gasteiger partial charge in [-0.05, 0) is 25.6 Å². The van der Waals surface area contributed by atoms with Gasteiger partial charge in [-0.15, -0.1) is 0 Å². The lowest BCUT2D eigenvalue weighted by Gasteiger charge is -1.93. The number of H-pyrrole nitrogens is 1. The van der Waals surface area contributed by atoms with Gasteiger partial charge in [-0.1, -0.05) is 0 Å². The van der Waals surface area contributed by atoms with Gasteiger partial charge in [0.05, 0.1) is 5.52 Å². The van der Waals surface area contributed by atoms with Crippen LogP contribution in [0.4, 0.5) is 0 Å². The highest BCUT2D eigenvalue weighted by Gasteiger charge is 2.04. The van der Waals surface area contributed by atoms with Gasteiger partial charge in [0.25, 0.3) is 0 Å². The molecule has 2 aromatic heterocycles. The van der Waals surface area contributed by atoms with Crippen LogP contribution in [0.5, 0.6) is 0 Å². The molecule has 0 unspecified atom stereocenters. The summed E-state index contributed by atoms with van der Waals surface area (Å²) in [4.78, 5) is 11.9. The van der Waals surface area contributed by atoms with Gasteiger partial charge in [-0.3, -0.25) is 0 Å². The Morgan fingerprint density at radius 3 is 3.07 bits per heavy atom. The zero-order valence-corrected chi connectivity index (χ0v) is 8.46. The lowest BCUT2D eigenvalue weighted by molar-refractivity contribution is 0.766. The highest BCUT2D eigenvalue weighted by Crippen LogP contribution is 2.12. The molecule has 0 aliphatic heterocycles. The standard InChI is InChI=1S/C10H14N4/c1-7-3-6-12-10-9(7)13-8(14-10)4-5-11-2/h3,6,11H,4-5H2,1-2H3,(H,12,13,14). The molecular weight excluding hydrogens is 176 g/mol. The molecule has 2 heterocycles. The van der Waals surface area contributed by atoms with E-state index in [0.717, 1.165) is 30.0 Å². The number of hydrogen-bond donors (Lipinski definition) is 2. The summed E-state index contributed by atoms with van der Waals surface area (Å²) in [5.74, 6) is 0.996. The first-order valence-corrected chi connectivity index (χ1v) is 4.76. The second-order valence-corrected chi connectivity index (χ2v) is 3.36. The van der Waals surface area contributed by atoms with Crippen LogP contribution < -0.4 is 5.32 Å². The SMILES string of the molecule is CNCCc1nc2nccc(C)c2[nH]1. The van der Waals surface area contributed by atoms with Crippen LogP contribution in [0.1, 0.15) is 11.4 Å². The molecule has 4 nitrogen and oxygen atoms in total. The van der Waals surface area contributed by atoms with E-state index < -0.39 is 0 Å². The van der Waals surface area contributed by atoms with E-state index in [1.54, 1.807) is 6.20 Å². The number of likely N-dealkylation sites (N-methyl/N-ethyl adjacent to an activating group) is 1. The van der Waals surface area contributed by atoms with Crippen molar-refractivity contribution < 1.29 is 0 Å². The quantitative estimate of drug-likeness (QED) is 0.760. The fourth-order valence-corrected chi connectivity index (χ4v) is 1.45. The molecule has 0 saturated carbocycles. The molecule has 0 fully saturated rings. The third-order valence-corrected chi connectivity index (χ3v) is 2.26. The number of rotatable bonds is 3. The van der Waals surface area contributed by atoms with Gasteiger partial charge in [0.15, 0.2) is 5.65 Å². The average molecular weight is 190 g/mol. The number of aromatic nitrogens is 3. The van der Waals surface area contributed by atoms with Gasteiger partial charge in [-0.25, -0.2) is 9.97 Å². The lowest BCUT2D eigenvalue weighted by atomic mass is 10.3. The molecule has 0 amide bonds. The number of nitrogens with one attached hydrogen (secondary N) is 2. The molecule has 2 aromatic rings. The fraction of sp³-hybridized carbons (Fsp3) is 0.400.